The molecule has 1 spiro atoms. The zero-order chi connectivity index (χ0) is 21.0. The van der Waals surface area contributed by atoms with Crippen LogP contribution in [0.15, 0.2) is 4.79 Å². The molecule has 0 radical (unpaired) electrons. The van der Waals surface area contributed by atoms with Crippen LogP contribution in [0.4, 0.5) is 4.79 Å². The van der Waals surface area contributed by atoms with Crippen LogP contribution in [-0.4, -0.2) is 64.6 Å². The molecule has 0 aromatic carbocycles. The summed E-state index contributed by atoms with van der Waals surface area (Å²) in [7, 11) is -3.34. The molecule has 4 rings (SSSR count). The van der Waals surface area contributed by atoms with Gasteiger partial charge in [0.25, 0.3) is 5.56 Å². The van der Waals surface area contributed by atoms with Gasteiger partial charge in [-0.3, -0.25) is 9.36 Å². The summed E-state index contributed by atoms with van der Waals surface area (Å²) >= 11 is 0. The summed E-state index contributed by atoms with van der Waals surface area (Å²) < 4.78 is 27.6. The molecular weight excluding hydrogens is 394 g/mol. The number of nitrogens with one attached hydrogen (secondary N) is 1. The second-order valence-corrected chi connectivity index (χ2v) is 10.9. The molecule has 1 aromatic heterocycles. The first kappa shape index (κ1) is 20.3. The Morgan fingerprint density at radius 1 is 1.24 bits per heavy atom. The van der Waals surface area contributed by atoms with Crippen LogP contribution in [0.25, 0.3) is 0 Å². The van der Waals surface area contributed by atoms with Gasteiger partial charge >= 0.3 is 6.03 Å². The van der Waals surface area contributed by atoms with Crippen molar-refractivity contribution in [3.8, 4) is 0 Å². The zero-order valence-corrected chi connectivity index (χ0v) is 18.1. The third-order valence-corrected chi connectivity index (χ3v) is 8.21. The van der Waals surface area contributed by atoms with Crippen molar-refractivity contribution < 1.29 is 13.2 Å². The minimum atomic E-state index is -3.34. The lowest BCUT2D eigenvalue weighted by Gasteiger charge is -2.29. The summed E-state index contributed by atoms with van der Waals surface area (Å²) in [5.41, 5.74) is 0.814. The Kier molecular flexibility index (Phi) is 4.97. The average Bonchev–Trinajstić information content (AvgIpc) is 3.27. The van der Waals surface area contributed by atoms with Crippen LogP contribution in [0, 0.1) is 0 Å². The molecule has 1 fully saturated rings. The van der Waals surface area contributed by atoms with E-state index in [-0.39, 0.29) is 35.3 Å². The molecule has 0 aliphatic carbocycles. The van der Waals surface area contributed by atoms with E-state index >= 15 is 0 Å². The number of amides is 2. The van der Waals surface area contributed by atoms with Gasteiger partial charge in [0.1, 0.15) is 5.82 Å². The van der Waals surface area contributed by atoms with Crippen LogP contribution < -0.4 is 10.9 Å². The van der Waals surface area contributed by atoms with Gasteiger partial charge < -0.3 is 10.2 Å². The molecule has 2 amide bonds. The molecular formula is C19H29N5O4S. The molecule has 4 heterocycles. The van der Waals surface area contributed by atoms with Gasteiger partial charge in [0, 0.05) is 50.6 Å². The largest absolute Gasteiger partial charge is 0.336 e. The van der Waals surface area contributed by atoms with Crippen molar-refractivity contribution >= 4 is 16.1 Å². The van der Waals surface area contributed by atoms with Crippen LogP contribution in [0.3, 0.4) is 0 Å². The monoisotopic (exact) mass is 423 g/mol. The normalized spacial score (nSPS) is 24.2. The van der Waals surface area contributed by atoms with Crippen molar-refractivity contribution in [1.29, 1.82) is 0 Å². The van der Waals surface area contributed by atoms with Crippen LogP contribution >= 0.6 is 0 Å². The highest BCUT2D eigenvalue weighted by molar-refractivity contribution is 7.89. The summed E-state index contributed by atoms with van der Waals surface area (Å²) in [6.07, 6.45) is 2.02. The van der Waals surface area contributed by atoms with Crippen molar-refractivity contribution in [3.05, 3.63) is 27.4 Å². The Morgan fingerprint density at radius 3 is 2.66 bits per heavy atom. The number of hydrogen-bond donors (Lipinski definition) is 1. The van der Waals surface area contributed by atoms with E-state index < -0.39 is 10.0 Å². The number of fused-ring (bicyclic) bond motifs is 3. The van der Waals surface area contributed by atoms with Gasteiger partial charge in [0.05, 0.1) is 17.0 Å². The quantitative estimate of drug-likeness (QED) is 0.759. The van der Waals surface area contributed by atoms with E-state index in [1.165, 1.54) is 4.31 Å². The summed E-state index contributed by atoms with van der Waals surface area (Å²) in [5.74, 6) is 0.798. The predicted molar refractivity (Wildman–Crippen MR) is 108 cm³/mol. The van der Waals surface area contributed by atoms with Gasteiger partial charge in [-0.05, 0) is 33.6 Å². The van der Waals surface area contributed by atoms with Crippen LogP contribution in [0.5, 0.6) is 0 Å². The Balaban J connectivity index is 1.64. The Labute approximate surface area is 171 Å². The molecule has 1 atom stereocenters. The zero-order valence-electron chi connectivity index (χ0n) is 17.3. The fourth-order valence-electron chi connectivity index (χ4n) is 4.73. The molecule has 0 saturated carbocycles. The fraction of sp³-hybridized carbons (Fsp3) is 0.737. The van der Waals surface area contributed by atoms with Crippen LogP contribution in [0.2, 0.25) is 0 Å². The lowest BCUT2D eigenvalue weighted by atomic mass is 9.85. The summed E-state index contributed by atoms with van der Waals surface area (Å²) in [6, 6.07) is 0.000990. The summed E-state index contributed by atoms with van der Waals surface area (Å²) in [6.45, 7) is 7.72. The highest BCUT2D eigenvalue weighted by atomic mass is 32.2. The number of carbonyl (C=O) groups excluding carboxylic acids is 1. The fourth-order valence-corrected chi connectivity index (χ4v) is 5.79. The minimum absolute atomic E-state index is 0.0272. The van der Waals surface area contributed by atoms with Crippen molar-refractivity contribution in [2.45, 2.75) is 64.6 Å². The SMILES string of the molecule is CCS(=O)(=O)N1CCc2nc3n(c(=O)c2C1)CC[C@@]31CCN(C(=O)NC(C)C)C1. The number of rotatable bonds is 3. The van der Waals surface area contributed by atoms with Crippen molar-refractivity contribution in [2.75, 3.05) is 25.4 Å². The minimum Gasteiger partial charge on any atom is -0.336 e. The van der Waals surface area contributed by atoms with Gasteiger partial charge in [-0.1, -0.05) is 0 Å². The maximum atomic E-state index is 13.2. The number of hydrogen-bond acceptors (Lipinski definition) is 5. The number of nitrogens with zero attached hydrogens (tertiary/aromatic N) is 4. The lowest BCUT2D eigenvalue weighted by molar-refractivity contribution is 0.202. The lowest BCUT2D eigenvalue weighted by Crippen LogP contribution is -2.44. The first-order valence-corrected chi connectivity index (χ1v) is 11.9. The Bertz CT molecular complexity index is 1000. The molecule has 0 unspecified atom stereocenters. The third-order valence-electron chi connectivity index (χ3n) is 6.38. The van der Waals surface area contributed by atoms with E-state index in [0.717, 1.165) is 24.4 Å². The number of sulfonamides is 1. The summed E-state index contributed by atoms with van der Waals surface area (Å²) in [5, 5.41) is 2.94. The highest BCUT2D eigenvalue weighted by Crippen LogP contribution is 2.41. The molecule has 3 aliphatic heterocycles. The molecule has 1 saturated heterocycles. The second-order valence-electron chi connectivity index (χ2n) is 8.61. The molecule has 3 aliphatic rings. The Hall–Kier alpha value is -1.94. The molecule has 29 heavy (non-hydrogen) atoms. The van der Waals surface area contributed by atoms with Gasteiger partial charge in [-0.25, -0.2) is 18.2 Å². The first-order valence-electron chi connectivity index (χ1n) is 10.3. The second kappa shape index (κ2) is 7.09. The standard InChI is InChI=1S/C19H29N5O4S/c1-4-29(27,28)23-8-5-15-14(11-23)16(25)24-10-7-19(17(24)21-15)6-9-22(12-19)18(26)20-13(2)3/h13H,4-12H2,1-3H3,(H,20,26)/t19-/m1/s1. The number of likely N-dealkylation sites (tertiary alicyclic amines) is 1. The maximum Gasteiger partial charge on any atom is 0.317 e. The summed E-state index contributed by atoms with van der Waals surface area (Å²) in [4.78, 5) is 32.3. The number of carbonyl (C=O) groups is 1. The van der Waals surface area contributed by atoms with E-state index in [4.69, 9.17) is 4.98 Å². The molecule has 0 bridgehead atoms. The van der Waals surface area contributed by atoms with Crippen LogP contribution in [0.1, 0.15) is 50.7 Å². The van der Waals surface area contributed by atoms with E-state index in [2.05, 4.69) is 5.32 Å². The van der Waals surface area contributed by atoms with Crippen molar-refractivity contribution in [1.82, 2.24) is 24.1 Å². The molecule has 9 nitrogen and oxygen atoms in total. The Morgan fingerprint density at radius 2 is 1.97 bits per heavy atom. The average molecular weight is 424 g/mol. The van der Waals surface area contributed by atoms with Gasteiger partial charge in [0.15, 0.2) is 0 Å². The highest BCUT2D eigenvalue weighted by Gasteiger charge is 2.48. The van der Waals surface area contributed by atoms with Gasteiger partial charge in [-0.2, -0.15) is 4.31 Å². The topological polar surface area (TPSA) is 105 Å². The smallest absolute Gasteiger partial charge is 0.317 e. The van der Waals surface area contributed by atoms with E-state index in [1.807, 2.05) is 18.7 Å². The molecule has 1 aromatic rings. The molecule has 1 N–H and O–H groups in total. The molecule has 160 valence electrons. The van der Waals surface area contributed by atoms with Crippen LogP contribution in [-0.2, 0) is 34.9 Å². The van der Waals surface area contributed by atoms with Crippen molar-refractivity contribution in [3.63, 3.8) is 0 Å². The number of urea groups is 1. The number of aromatic nitrogens is 2. The van der Waals surface area contributed by atoms with Gasteiger partial charge in [-0.15, -0.1) is 0 Å². The van der Waals surface area contributed by atoms with Crippen molar-refractivity contribution in [2.24, 2.45) is 0 Å². The first-order chi connectivity index (χ1) is 13.7. The maximum absolute atomic E-state index is 13.2. The third kappa shape index (κ3) is 3.35. The van der Waals surface area contributed by atoms with Gasteiger partial charge in [0.2, 0.25) is 10.0 Å². The van der Waals surface area contributed by atoms with E-state index in [9.17, 15) is 18.0 Å². The van der Waals surface area contributed by atoms with E-state index in [1.54, 1.807) is 11.5 Å². The van der Waals surface area contributed by atoms with E-state index in [0.29, 0.717) is 38.2 Å². The predicted octanol–water partition coefficient (Wildman–Crippen LogP) is 0.416. The molecule has 10 heteroatoms.